The number of hydrogen-bond donors (Lipinski definition) is 2. The van der Waals surface area contributed by atoms with Crippen molar-refractivity contribution < 1.29 is 9.90 Å². The van der Waals surface area contributed by atoms with E-state index in [-0.39, 0.29) is 5.92 Å². The van der Waals surface area contributed by atoms with E-state index in [9.17, 15) is 4.79 Å². The van der Waals surface area contributed by atoms with Gasteiger partial charge in [0, 0.05) is 5.56 Å². The molecular weight excluding hydrogens is 192 g/mol. The minimum absolute atomic E-state index is 0.00685. The highest BCUT2D eigenvalue weighted by Crippen LogP contribution is 2.28. The smallest absolute Gasteiger partial charge is 0.311 e. The molecule has 1 aromatic rings. The van der Waals surface area contributed by atoms with Crippen LogP contribution < -0.4 is 0 Å². The van der Waals surface area contributed by atoms with Crippen molar-refractivity contribution in [2.24, 2.45) is 5.92 Å². The van der Waals surface area contributed by atoms with Gasteiger partial charge in [-0.2, -0.15) is 5.10 Å². The number of H-pyrrole nitrogens is 1. The highest BCUT2D eigenvalue weighted by Gasteiger charge is 2.26. The molecule has 1 unspecified atom stereocenters. The average molecular weight is 203 g/mol. The molecular formula is C8H11ClN2O2. The van der Waals surface area contributed by atoms with Gasteiger partial charge in [0.15, 0.2) is 0 Å². The minimum Gasteiger partial charge on any atom is -0.481 e. The second kappa shape index (κ2) is 3.79. The topological polar surface area (TPSA) is 66.0 Å². The van der Waals surface area contributed by atoms with Crippen LogP contribution in [0.4, 0.5) is 0 Å². The molecule has 1 atom stereocenters. The lowest BCUT2D eigenvalue weighted by Crippen LogP contribution is -2.17. The predicted octanol–water partition coefficient (Wildman–Crippen LogP) is 1.89. The first-order chi connectivity index (χ1) is 6.04. The Morgan fingerprint density at radius 1 is 1.69 bits per heavy atom. The van der Waals surface area contributed by atoms with Crippen molar-refractivity contribution in [3.05, 3.63) is 16.9 Å². The van der Waals surface area contributed by atoms with E-state index in [0.717, 1.165) is 0 Å². The molecule has 0 amide bonds. The SMILES string of the molecule is CC(C)C(C(=O)O)c1cn[nH]c1Cl. The van der Waals surface area contributed by atoms with Crippen LogP contribution in [0.3, 0.4) is 0 Å². The van der Waals surface area contributed by atoms with Crippen molar-refractivity contribution in [1.29, 1.82) is 0 Å². The Labute approximate surface area is 80.9 Å². The zero-order chi connectivity index (χ0) is 10.0. The molecule has 0 aliphatic rings. The molecule has 0 aliphatic heterocycles. The van der Waals surface area contributed by atoms with Crippen molar-refractivity contribution in [3.8, 4) is 0 Å². The standard InChI is InChI=1S/C8H11ClN2O2/c1-4(2)6(8(12)13)5-3-10-11-7(5)9/h3-4,6H,1-2H3,(H,10,11)(H,12,13). The zero-order valence-electron chi connectivity index (χ0n) is 7.41. The molecule has 0 bridgehead atoms. The van der Waals surface area contributed by atoms with E-state index in [1.54, 1.807) is 0 Å². The third-order valence-corrected chi connectivity index (χ3v) is 2.19. The fraction of sp³-hybridized carbons (Fsp3) is 0.500. The zero-order valence-corrected chi connectivity index (χ0v) is 8.17. The summed E-state index contributed by atoms with van der Waals surface area (Å²) in [6.07, 6.45) is 1.46. The van der Waals surface area contributed by atoms with Crippen molar-refractivity contribution in [3.63, 3.8) is 0 Å². The van der Waals surface area contributed by atoms with Crippen LogP contribution in [0.2, 0.25) is 5.15 Å². The van der Waals surface area contributed by atoms with Gasteiger partial charge in [-0.1, -0.05) is 25.4 Å². The van der Waals surface area contributed by atoms with Crippen LogP contribution >= 0.6 is 11.6 Å². The van der Waals surface area contributed by atoms with Gasteiger partial charge in [0.25, 0.3) is 0 Å². The van der Waals surface area contributed by atoms with E-state index >= 15 is 0 Å². The summed E-state index contributed by atoms with van der Waals surface area (Å²) >= 11 is 5.74. The van der Waals surface area contributed by atoms with Crippen molar-refractivity contribution in [2.45, 2.75) is 19.8 Å². The van der Waals surface area contributed by atoms with Gasteiger partial charge in [0.2, 0.25) is 0 Å². The Kier molecular flexibility index (Phi) is 2.93. The number of hydrogen-bond acceptors (Lipinski definition) is 2. The van der Waals surface area contributed by atoms with Gasteiger partial charge in [-0.25, -0.2) is 0 Å². The van der Waals surface area contributed by atoms with E-state index in [1.165, 1.54) is 6.20 Å². The fourth-order valence-electron chi connectivity index (χ4n) is 1.27. The third kappa shape index (κ3) is 2.01. The summed E-state index contributed by atoms with van der Waals surface area (Å²) < 4.78 is 0. The maximum atomic E-state index is 10.9. The Hall–Kier alpha value is -1.03. The first-order valence-corrected chi connectivity index (χ1v) is 4.33. The summed E-state index contributed by atoms with van der Waals surface area (Å²) in [4.78, 5) is 10.9. The molecule has 5 heteroatoms. The van der Waals surface area contributed by atoms with Crippen LogP contribution in [0.1, 0.15) is 25.3 Å². The molecule has 0 saturated heterocycles. The molecule has 72 valence electrons. The van der Waals surface area contributed by atoms with Crippen LogP contribution in [-0.2, 0) is 4.79 Å². The van der Waals surface area contributed by atoms with Crippen LogP contribution in [0.5, 0.6) is 0 Å². The maximum absolute atomic E-state index is 10.9. The Morgan fingerprint density at radius 3 is 2.62 bits per heavy atom. The summed E-state index contributed by atoms with van der Waals surface area (Å²) in [5, 5.41) is 15.4. The number of carboxylic acids is 1. The van der Waals surface area contributed by atoms with Crippen molar-refractivity contribution >= 4 is 17.6 Å². The Bertz CT molecular complexity index is 309. The average Bonchev–Trinajstić information content (AvgIpc) is 2.35. The highest BCUT2D eigenvalue weighted by molar-refractivity contribution is 6.30. The van der Waals surface area contributed by atoms with Gasteiger partial charge in [-0.05, 0) is 5.92 Å². The van der Waals surface area contributed by atoms with E-state index in [4.69, 9.17) is 16.7 Å². The van der Waals surface area contributed by atoms with Gasteiger partial charge in [0.1, 0.15) is 5.15 Å². The quantitative estimate of drug-likeness (QED) is 0.787. The summed E-state index contributed by atoms with van der Waals surface area (Å²) in [5.41, 5.74) is 0.546. The lowest BCUT2D eigenvalue weighted by atomic mass is 9.91. The lowest BCUT2D eigenvalue weighted by Gasteiger charge is -2.14. The Morgan fingerprint density at radius 2 is 2.31 bits per heavy atom. The predicted molar refractivity (Wildman–Crippen MR) is 48.8 cm³/mol. The molecule has 1 aromatic heterocycles. The lowest BCUT2D eigenvalue weighted by molar-refractivity contribution is -0.139. The van der Waals surface area contributed by atoms with E-state index in [0.29, 0.717) is 10.7 Å². The number of nitrogens with one attached hydrogen (secondary N) is 1. The fourth-order valence-corrected chi connectivity index (χ4v) is 1.49. The van der Waals surface area contributed by atoms with E-state index < -0.39 is 11.9 Å². The van der Waals surface area contributed by atoms with E-state index in [2.05, 4.69) is 10.2 Å². The number of carbonyl (C=O) groups is 1. The van der Waals surface area contributed by atoms with Gasteiger partial charge in [-0.3, -0.25) is 9.89 Å². The molecule has 0 spiro atoms. The number of aromatic nitrogens is 2. The van der Waals surface area contributed by atoms with Gasteiger partial charge in [0.05, 0.1) is 12.1 Å². The second-order valence-corrected chi connectivity index (χ2v) is 3.58. The normalized spacial score (nSPS) is 13.2. The van der Waals surface area contributed by atoms with Crippen molar-refractivity contribution in [2.75, 3.05) is 0 Å². The largest absolute Gasteiger partial charge is 0.481 e. The summed E-state index contributed by atoms with van der Waals surface area (Å²) in [7, 11) is 0. The molecule has 4 nitrogen and oxygen atoms in total. The summed E-state index contributed by atoms with van der Waals surface area (Å²) in [6.45, 7) is 3.67. The second-order valence-electron chi connectivity index (χ2n) is 3.20. The van der Waals surface area contributed by atoms with Crippen LogP contribution in [0, 0.1) is 5.92 Å². The number of halogens is 1. The molecule has 13 heavy (non-hydrogen) atoms. The number of rotatable bonds is 3. The number of aliphatic carboxylic acids is 1. The molecule has 0 aliphatic carbocycles. The Balaban J connectivity index is 3.02. The molecule has 1 rings (SSSR count). The number of nitrogens with zero attached hydrogens (tertiary/aromatic N) is 1. The minimum atomic E-state index is -0.877. The van der Waals surface area contributed by atoms with Crippen molar-refractivity contribution in [1.82, 2.24) is 10.2 Å². The van der Waals surface area contributed by atoms with Crippen LogP contribution in [-0.4, -0.2) is 21.3 Å². The van der Waals surface area contributed by atoms with Crippen LogP contribution in [0.15, 0.2) is 6.20 Å². The highest BCUT2D eigenvalue weighted by atomic mass is 35.5. The molecule has 0 saturated carbocycles. The first-order valence-electron chi connectivity index (χ1n) is 3.95. The molecule has 1 heterocycles. The summed E-state index contributed by atoms with van der Waals surface area (Å²) in [6, 6.07) is 0. The molecule has 0 radical (unpaired) electrons. The van der Waals surface area contributed by atoms with Gasteiger partial charge in [-0.15, -0.1) is 0 Å². The summed E-state index contributed by atoms with van der Waals surface area (Å²) in [5.74, 6) is -1.47. The third-order valence-electron chi connectivity index (χ3n) is 1.89. The van der Waals surface area contributed by atoms with Gasteiger partial charge < -0.3 is 5.11 Å². The first kappa shape index (κ1) is 10.1. The molecule has 0 fully saturated rings. The van der Waals surface area contributed by atoms with E-state index in [1.807, 2.05) is 13.8 Å². The molecule has 0 aromatic carbocycles. The maximum Gasteiger partial charge on any atom is 0.311 e. The molecule has 2 N–H and O–H groups in total. The van der Waals surface area contributed by atoms with Gasteiger partial charge >= 0.3 is 5.97 Å². The number of carboxylic acid groups (broad SMARTS) is 1. The van der Waals surface area contributed by atoms with Crippen LogP contribution in [0.25, 0.3) is 0 Å². The number of aromatic amines is 1. The monoisotopic (exact) mass is 202 g/mol.